The number of nitrogens with zero attached hydrogens (tertiary/aromatic N) is 1. The highest BCUT2D eigenvalue weighted by molar-refractivity contribution is 7.71. The van der Waals surface area contributed by atoms with Crippen molar-refractivity contribution < 1.29 is 0 Å². The van der Waals surface area contributed by atoms with E-state index in [4.69, 9.17) is 12.2 Å². The average molecular weight is 316 g/mol. The van der Waals surface area contributed by atoms with Gasteiger partial charge in [0.15, 0.2) is 4.77 Å². The van der Waals surface area contributed by atoms with E-state index < -0.39 is 0 Å². The standard InChI is InChI=1S/C16H16N2OS2/c1-2-12-10-13-14(21-12)17-16(20)18(15(13)19)9-8-11-6-4-3-5-7-11/h3-7,10H,2,8-9H2,1H3,(H,17,20). The van der Waals surface area contributed by atoms with E-state index in [0.29, 0.717) is 11.3 Å². The molecule has 21 heavy (non-hydrogen) atoms. The Morgan fingerprint density at radius 2 is 2.05 bits per heavy atom. The van der Waals surface area contributed by atoms with Crippen LogP contribution in [0.5, 0.6) is 0 Å². The minimum atomic E-state index is 0.0145. The van der Waals surface area contributed by atoms with Crippen LogP contribution in [0, 0.1) is 4.77 Å². The topological polar surface area (TPSA) is 37.8 Å². The summed E-state index contributed by atoms with van der Waals surface area (Å²) < 4.78 is 2.17. The number of H-pyrrole nitrogens is 1. The summed E-state index contributed by atoms with van der Waals surface area (Å²) >= 11 is 6.96. The molecule has 0 aliphatic carbocycles. The molecule has 1 N–H and O–H groups in total. The zero-order valence-corrected chi connectivity index (χ0v) is 13.4. The second kappa shape index (κ2) is 5.95. The molecule has 0 atom stereocenters. The third-order valence-electron chi connectivity index (χ3n) is 3.54. The molecule has 0 aliphatic heterocycles. The summed E-state index contributed by atoms with van der Waals surface area (Å²) in [6.45, 7) is 2.69. The molecule has 0 radical (unpaired) electrons. The highest BCUT2D eigenvalue weighted by Crippen LogP contribution is 2.21. The molecule has 0 unspecified atom stereocenters. The first kappa shape index (κ1) is 14.2. The van der Waals surface area contributed by atoms with Crippen molar-refractivity contribution >= 4 is 33.8 Å². The first-order chi connectivity index (χ1) is 10.2. The van der Waals surface area contributed by atoms with E-state index in [9.17, 15) is 4.79 Å². The number of hydrogen-bond acceptors (Lipinski definition) is 3. The maximum atomic E-state index is 12.6. The smallest absolute Gasteiger partial charge is 0.263 e. The van der Waals surface area contributed by atoms with E-state index in [1.54, 1.807) is 15.9 Å². The number of aromatic amines is 1. The Hall–Kier alpha value is -1.72. The van der Waals surface area contributed by atoms with E-state index in [2.05, 4.69) is 24.0 Å². The normalized spacial score (nSPS) is 11.1. The summed E-state index contributed by atoms with van der Waals surface area (Å²) in [7, 11) is 0. The summed E-state index contributed by atoms with van der Waals surface area (Å²) in [5, 5.41) is 0.749. The number of rotatable bonds is 4. The Kier molecular flexibility index (Phi) is 4.03. The first-order valence-electron chi connectivity index (χ1n) is 6.98. The summed E-state index contributed by atoms with van der Waals surface area (Å²) in [6, 6.07) is 12.1. The van der Waals surface area contributed by atoms with E-state index in [1.165, 1.54) is 10.4 Å². The number of hydrogen-bond donors (Lipinski definition) is 1. The van der Waals surface area contributed by atoms with Gasteiger partial charge in [-0.25, -0.2) is 0 Å². The zero-order valence-electron chi connectivity index (χ0n) is 11.8. The fourth-order valence-corrected chi connectivity index (χ4v) is 3.69. The molecule has 2 heterocycles. The maximum Gasteiger partial charge on any atom is 0.263 e. The van der Waals surface area contributed by atoms with Crippen LogP contribution >= 0.6 is 23.6 Å². The number of aryl methyl sites for hydroxylation is 2. The SMILES string of the molecule is CCc1cc2c(=O)n(CCc3ccccc3)c(=S)[nH]c2s1. The summed E-state index contributed by atoms with van der Waals surface area (Å²) in [5.74, 6) is 0. The van der Waals surface area contributed by atoms with Gasteiger partial charge in [-0.3, -0.25) is 9.36 Å². The molecule has 3 aromatic rings. The monoisotopic (exact) mass is 316 g/mol. The Balaban J connectivity index is 1.98. The lowest BCUT2D eigenvalue weighted by atomic mass is 10.1. The second-order valence-electron chi connectivity index (χ2n) is 4.93. The second-order valence-corrected chi connectivity index (χ2v) is 6.46. The Morgan fingerprint density at radius 1 is 1.29 bits per heavy atom. The first-order valence-corrected chi connectivity index (χ1v) is 8.21. The highest BCUT2D eigenvalue weighted by Gasteiger charge is 2.09. The van der Waals surface area contributed by atoms with Gasteiger partial charge in [0.05, 0.1) is 5.39 Å². The van der Waals surface area contributed by atoms with Crippen LogP contribution in [0.3, 0.4) is 0 Å². The Bertz CT molecular complexity index is 875. The fraction of sp³-hybridized carbons (Fsp3) is 0.250. The van der Waals surface area contributed by atoms with Gasteiger partial charge in [-0.15, -0.1) is 11.3 Å². The van der Waals surface area contributed by atoms with E-state index in [0.717, 1.165) is 23.1 Å². The van der Waals surface area contributed by atoms with Crippen molar-refractivity contribution in [2.24, 2.45) is 0 Å². The summed E-state index contributed by atoms with van der Waals surface area (Å²) in [4.78, 5) is 17.9. The zero-order chi connectivity index (χ0) is 14.8. The third-order valence-corrected chi connectivity index (χ3v) is 5.06. The Labute approximate surface area is 131 Å². The van der Waals surface area contributed by atoms with Crippen molar-refractivity contribution in [2.75, 3.05) is 0 Å². The minimum absolute atomic E-state index is 0.0145. The molecule has 0 saturated carbocycles. The number of nitrogens with one attached hydrogen (secondary N) is 1. The van der Waals surface area contributed by atoms with Crippen LogP contribution in [0.2, 0.25) is 0 Å². The van der Waals surface area contributed by atoms with Crippen LogP contribution in [-0.2, 0) is 19.4 Å². The summed E-state index contributed by atoms with van der Waals surface area (Å²) in [5.41, 5.74) is 1.22. The molecule has 3 nitrogen and oxygen atoms in total. The van der Waals surface area contributed by atoms with Crippen LogP contribution in [0.15, 0.2) is 41.2 Å². The number of thiophene rings is 1. The molecule has 1 aromatic carbocycles. The lowest BCUT2D eigenvalue weighted by molar-refractivity contribution is 0.653. The molecule has 2 aromatic heterocycles. The van der Waals surface area contributed by atoms with Crippen LogP contribution in [-0.4, -0.2) is 9.55 Å². The van der Waals surface area contributed by atoms with Gasteiger partial charge in [0, 0.05) is 11.4 Å². The van der Waals surface area contributed by atoms with Gasteiger partial charge in [0.25, 0.3) is 5.56 Å². The number of benzene rings is 1. The van der Waals surface area contributed by atoms with E-state index in [-0.39, 0.29) is 5.56 Å². The van der Waals surface area contributed by atoms with Gasteiger partial charge in [-0.05, 0) is 36.7 Å². The lowest BCUT2D eigenvalue weighted by Crippen LogP contribution is -2.22. The lowest BCUT2D eigenvalue weighted by Gasteiger charge is -2.06. The number of aromatic nitrogens is 2. The van der Waals surface area contributed by atoms with Gasteiger partial charge in [-0.2, -0.15) is 0 Å². The van der Waals surface area contributed by atoms with E-state index in [1.807, 2.05) is 24.3 Å². The van der Waals surface area contributed by atoms with Gasteiger partial charge < -0.3 is 4.98 Å². The average Bonchev–Trinajstić information content (AvgIpc) is 2.91. The van der Waals surface area contributed by atoms with Gasteiger partial charge in [0.1, 0.15) is 4.83 Å². The fourth-order valence-electron chi connectivity index (χ4n) is 2.36. The van der Waals surface area contributed by atoms with Crippen LogP contribution in [0.25, 0.3) is 10.2 Å². The molecule has 0 saturated heterocycles. The maximum absolute atomic E-state index is 12.6. The van der Waals surface area contributed by atoms with Crippen molar-refractivity contribution in [3.05, 3.63) is 62.0 Å². The molecule has 108 valence electrons. The largest absolute Gasteiger partial charge is 0.323 e. The number of fused-ring (bicyclic) bond motifs is 1. The molecular weight excluding hydrogens is 300 g/mol. The predicted octanol–water partition coefficient (Wildman–Crippen LogP) is 3.93. The predicted molar refractivity (Wildman–Crippen MR) is 90.8 cm³/mol. The van der Waals surface area contributed by atoms with Crippen molar-refractivity contribution in [1.82, 2.24) is 9.55 Å². The van der Waals surface area contributed by atoms with Crippen molar-refractivity contribution in [3.63, 3.8) is 0 Å². The molecule has 5 heteroatoms. The molecule has 0 fully saturated rings. The molecule has 0 amide bonds. The summed E-state index contributed by atoms with van der Waals surface area (Å²) in [6.07, 6.45) is 1.73. The third kappa shape index (κ3) is 2.84. The van der Waals surface area contributed by atoms with Gasteiger partial charge in [0.2, 0.25) is 0 Å². The van der Waals surface area contributed by atoms with Crippen LogP contribution in [0.4, 0.5) is 0 Å². The minimum Gasteiger partial charge on any atom is -0.323 e. The molecule has 0 bridgehead atoms. The van der Waals surface area contributed by atoms with Crippen LogP contribution in [0.1, 0.15) is 17.4 Å². The van der Waals surface area contributed by atoms with Gasteiger partial charge in [-0.1, -0.05) is 37.3 Å². The van der Waals surface area contributed by atoms with Crippen LogP contribution < -0.4 is 5.56 Å². The quantitative estimate of drug-likeness (QED) is 0.741. The Morgan fingerprint density at radius 3 is 2.76 bits per heavy atom. The molecule has 0 spiro atoms. The molecule has 3 rings (SSSR count). The molecule has 0 aliphatic rings. The van der Waals surface area contributed by atoms with Gasteiger partial charge >= 0.3 is 0 Å². The van der Waals surface area contributed by atoms with Crippen molar-refractivity contribution in [3.8, 4) is 0 Å². The van der Waals surface area contributed by atoms with Crippen molar-refractivity contribution in [1.29, 1.82) is 0 Å². The van der Waals surface area contributed by atoms with E-state index >= 15 is 0 Å². The van der Waals surface area contributed by atoms with Crippen molar-refractivity contribution in [2.45, 2.75) is 26.3 Å². The highest BCUT2D eigenvalue weighted by atomic mass is 32.1. The molecular formula is C16H16N2OS2.